The minimum atomic E-state index is -1.14. The summed E-state index contributed by atoms with van der Waals surface area (Å²) in [4.78, 5) is 24.5. The van der Waals surface area contributed by atoms with Crippen LogP contribution in [-0.4, -0.2) is 32.3 Å². The number of nitrogens with one attached hydrogen (secondary N) is 1. The van der Waals surface area contributed by atoms with Gasteiger partial charge in [-0.3, -0.25) is 9.48 Å². The fraction of sp³-hybridized carbons (Fsp3) is 0.450. The normalized spacial score (nSPS) is 22.7. The summed E-state index contributed by atoms with van der Waals surface area (Å²) >= 11 is 0. The molecule has 1 aromatic heterocycles. The van der Waals surface area contributed by atoms with Gasteiger partial charge in [0.25, 0.3) is 5.91 Å². The topological polar surface area (TPSA) is 84.2 Å². The molecular weight excluding hydrogens is 330 g/mol. The molecule has 1 saturated carbocycles. The molecule has 1 amide bonds. The number of carboxylic acid groups (broad SMARTS) is 1. The van der Waals surface area contributed by atoms with Crippen LogP contribution in [0.15, 0.2) is 42.7 Å². The zero-order valence-corrected chi connectivity index (χ0v) is 15.0. The first-order valence-electron chi connectivity index (χ1n) is 9.15. The lowest BCUT2D eigenvalue weighted by molar-refractivity contribution is -0.146. The first kappa shape index (κ1) is 18.2. The van der Waals surface area contributed by atoms with Crippen molar-refractivity contribution in [2.24, 2.45) is 5.92 Å². The largest absolute Gasteiger partial charge is 0.480 e. The summed E-state index contributed by atoms with van der Waals surface area (Å²) in [6, 6.07) is 9.08. The van der Waals surface area contributed by atoms with Gasteiger partial charge in [-0.2, -0.15) is 5.10 Å². The SMILES string of the molecule is CCC1CCC(NC(=O)c2ccc(Cn3cccn3)cc2)(C(=O)O)CC1. The highest BCUT2D eigenvalue weighted by Gasteiger charge is 2.43. The number of aliphatic carboxylic acids is 1. The smallest absolute Gasteiger partial charge is 0.329 e. The number of hydrogen-bond donors (Lipinski definition) is 2. The Labute approximate surface area is 153 Å². The fourth-order valence-corrected chi connectivity index (χ4v) is 3.60. The molecule has 138 valence electrons. The first-order chi connectivity index (χ1) is 12.5. The molecule has 0 saturated heterocycles. The third-order valence-electron chi connectivity index (χ3n) is 5.42. The van der Waals surface area contributed by atoms with E-state index in [1.165, 1.54) is 0 Å². The molecule has 6 nitrogen and oxygen atoms in total. The van der Waals surface area contributed by atoms with Crippen molar-refractivity contribution < 1.29 is 14.7 Å². The summed E-state index contributed by atoms with van der Waals surface area (Å²) in [6.07, 6.45) is 7.32. The van der Waals surface area contributed by atoms with Crippen molar-refractivity contribution in [1.29, 1.82) is 0 Å². The van der Waals surface area contributed by atoms with Crippen LogP contribution in [0.3, 0.4) is 0 Å². The number of carboxylic acids is 1. The molecule has 0 spiro atoms. The number of benzene rings is 1. The van der Waals surface area contributed by atoms with E-state index in [1.54, 1.807) is 23.0 Å². The predicted molar refractivity (Wildman–Crippen MR) is 97.9 cm³/mol. The second-order valence-electron chi connectivity index (χ2n) is 7.09. The Morgan fingerprint density at radius 2 is 1.96 bits per heavy atom. The number of aromatic nitrogens is 2. The second kappa shape index (κ2) is 7.72. The van der Waals surface area contributed by atoms with E-state index >= 15 is 0 Å². The Morgan fingerprint density at radius 1 is 1.27 bits per heavy atom. The molecular formula is C20H25N3O3. The van der Waals surface area contributed by atoms with Gasteiger partial charge in [0.2, 0.25) is 0 Å². The highest BCUT2D eigenvalue weighted by molar-refractivity contribution is 5.97. The molecule has 2 N–H and O–H groups in total. The predicted octanol–water partition coefficient (Wildman–Crippen LogP) is 3.08. The molecule has 0 aliphatic heterocycles. The Balaban J connectivity index is 1.67. The van der Waals surface area contributed by atoms with E-state index < -0.39 is 11.5 Å². The van der Waals surface area contributed by atoms with Crippen LogP contribution in [0, 0.1) is 5.92 Å². The molecule has 1 aromatic carbocycles. The summed E-state index contributed by atoms with van der Waals surface area (Å²) in [5, 5.41) is 16.7. The molecule has 0 atom stereocenters. The van der Waals surface area contributed by atoms with Crippen molar-refractivity contribution in [3.63, 3.8) is 0 Å². The number of carbonyl (C=O) groups excluding carboxylic acids is 1. The van der Waals surface area contributed by atoms with Crippen molar-refractivity contribution in [1.82, 2.24) is 15.1 Å². The average molecular weight is 355 g/mol. The lowest BCUT2D eigenvalue weighted by Crippen LogP contribution is -2.56. The Hall–Kier alpha value is -2.63. The molecule has 0 unspecified atom stereocenters. The van der Waals surface area contributed by atoms with Gasteiger partial charge in [0.05, 0.1) is 6.54 Å². The van der Waals surface area contributed by atoms with E-state index in [1.807, 2.05) is 24.4 Å². The lowest BCUT2D eigenvalue weighted by Gasteiger charge is -2.37. The van der Waals surface area contributed by atoms with Gasteiger partial charge in [0, 0.05) is 18.0 Å². The summed E-state index contributed by atoms with van der Waals surface area (Å²) in [5.41, 5.74) is 0.366. The molecule has 1 heterocycles. The Morgan fingerprint density at radius 3 is 2.50 bits per heavy atom. The highest BCUT2D eigenvalue weighted by atomic mass is 16.4. The second-order valence-corrected chi connectivity index (χ2v) is 7.09. The van der Waals surface area contributed by atoms with Crippen LogP contribution in [0.25, 0.3) is 0 Å². The zero-order chi connectivity index (χ0) is 18.6. The molecule has 26 heavy (non-hydrogen) atoms. The van der Waals surface area contributed by atoms with Gasteiger partial charge in [-0.25, -0.2) is 4.79 Å². The van der Waals surface area contributed by atoms with Gasteiger partial charge in [0.1, 0.15) is 5.54 Å². The molecule has 1 fully saturated rings. The van der Waals surface area contributed by atoms with Gasteiger partial charge < -0.3 is 10.4 Å². The van der Waals surface area contributed by atoms with E-state index in [-0.39, 0.29) is 5.91 Å². The van der Waals surface area contributed by atoms with E-state index in [0.717, 1.165) is 24.8 Å². The van der Waals surface area contributed by atoms with E-state index in [0.29, 0.717) is 30.9 Å². The molecule has 3 rings (SSSR count). The van der Waals surface area contributed by atoms with Gasteiger partial charge in [0.15, 0.2) is 0 Å². The maximum atomic E-state index is 12.6. The zero-order valence-electron chi connectivity index (χ0n) is 15.0. The monoisotopic (exact) mass is 355 g/mol. The fourth-order valence-electron chi connectivity index (χ4n) is 3.60. The summed E-state index contributed by atoms with van der Waals surface area (Å²) in [7, 11) is 0. The van der Waals surface area contributed by atoms with Crippen molar-refractivity contribution in [2.75, 3.05) is 0 Å². The third-order valence-corrected chi connectivity index (χ3v) is 5.42. The van der Waals surface area contributed by atoms with E-state index in [2.05, 4.69) is 17.3 Å². The van der Waals surface area contributed by atoms with Crippen LogP contribution in [0.1, 0.15) is 54.9 Å². The van der Waals surface area contributed by atoms with Crippen LogP contribution in [-0.2, 0) is 11.3 Å². The minimum absolute atomic E-state index is 0.326. The number of nitrogens with zero attached hydrogens (tertiary/aromatic N) is 2. The molecule has 1 aliphatic rings. The van der Waals surface area contributed by atoms with Gasteiger partial charge in [-0.05, 0) is 55.4 Å². The molecule has 2 aromatic rings. The van der Waals surface area contributed by atoms with Crippen LogP contribution >= 0.6 is 0 Å². The Bertz CT molecular complexity index is 745. The number of hydrogen-bond acceptors (Lipinski definition) is 3. The number of rotatable bonds is 6. The van der Waals surface area contributed by atoms with Crippen LogP contribution in [0.4, 0.5) is 0 Å². The van der Waals surface area contributed by atoms with Crippen LogP contribution < -0.4 is 5.32 Å². The highest BCUT2D eigenvalue weighted by Crippen LogP contribution is 2.34. The molecule has 0 bridgehead atoms. The number of amides is 1. The third kappa shape index (κ3) is 3.95. The lowest BCUT2D eigenvalue weighted by atomic mass is 9.75. The first-order valence-corrected chi connectivity index (χ1v) is 9.15. The maximum absolute atomic E-state index is 12.6. The van der Waals surface area contributed by atoms with Crippen molar-refractivity contribution in [3.05, 3.63) is 53.9 Å². The van der Waals surface area contributed by atoms with Crippen LogP contribution in [0.2, 0.25) is 0 Å². The molecule has 1 aliphatic carbocycles. The molecule has 6 heteroatoms. The van der Waals surface area contributed by atoms with Crippen molar-refractivity contribution in [3.8, 4) is 0 Å². The quantitative estimate of drug-likeness (QED) is 0.834. The van der Waals surface area contributed by atoms with Crippen molar-refractivity contribution in [2.45, 2.75) is 51.1 Å². The summed E-state index contributed by atoms with van der Waals surface area (Å²) < 4.78 is 1.81. The Kier molecular flexibility index (Phi) is 5.40. The van der Waals surface area contributed by atoms with Crippen LogP contribution in [0.5, 0.6) is 0 Å². The minimum Gasteiger partial charge on any atom is -0.480 e. The average Bonchev–Trinajstić information content (AvgIpc) is 3.15. The van der Waals surface area contributed by atoms with E-state index in [4.69, 9.17) is 0 Å². The number of carbonyl (C=O) groups is 2. The maximum Gasteiger partial charge on any atom is 0.329 e. The summed E-state index contributed by atoms with van der Waals surface area (Å²) in [6.45, 7) is 2.76. The molecule has 0 radical (unpaired) electrons. The van der Waals surface area contributed by atoms with Gasteiger partial charge >= 0.3 is 5.97 Å². The van der Waals surface area contributed by atoms with E-state index in [9.17, 15) is 14.7 Å². The van der Waals surface area contributed by atoms with Gasteiger partial charge in [-0.1, -0.05) is 25.5 Å². The standard InChI is InChI=1S/C20H25N3O3/c1-2-15-8-10-20(11-9-15,19(25)26)22-18(24)17-6-4-16(5-7-17)14-23-13-3-12-21-23/h3-7,12-13,15H,2,8-11,14H2,1H3,(H,22,24)(H,25,26). The van der Waals surface area contributed by atoms with Gasteiger partial charge in [-0.15, -0.1) is 0 Å². The summed E-state index contributed by atoms with van der Waals surface area (Å²) in [5.74, 6) is -0.704. The van der Waals surface area contributed by atoms with Crippen molar-refractivity contribution >= 4 is 11.9 Å².